The lowest BCUT2D eigenvalue weighted by Gasteiger charge is -2.40. The van der Waals surface area contributed by atoms with Gasteiger partial charge in [-0.1, -0.05) is 217 Å². The monoisotopic (exact) mass is 908 g/mol. The Morgan fingerprint density at radius 3 is 1.36 bits per heavy atom. The summed E-state index contributed by atoms with van der Waals surface area (Å²) in [5.41, 5.74) is 0. The van der Waals surface area contributed by atoms with Gasteiger partial charge in [0.25, 0.3) is 0 Å². The quantitative estimate of drug-likeness (QED) is 0.0232. The molecule has 0 aromatic heterocycles. The largest absolute Gasteiger partial charge is 0.394 e. The maximum atomic E-state index is 13.1. The lowest BCUT2D eigenvalue weighted by atomic mass is 9.99. The second kappa shape index (κ2) is 43.9. The molecule has 8 atom stereocenters. The average molecular weight is 908 g/mol. The van der Waals surface area contributed by atoms with Crippen LogP contribution in [0.4, 0.5) is 0 Å². The summed E-state index contributed by atoms with van der Waals surface area (Å²) in [6.45, 7) is 3.58. The summed E-state index contributed by atoms with van der Waals surface area (Å²) in [6, 6.07) is -0.995. The number of carbonyl (C=O) groups excluding carboxylic acids is 1. The molecule has 1 aliphatic heterocycles. The Bertz CT molecular complexity index is 1120. The van der Waals surface area contributed by atoms with E-state index in [-0.39, 0.29) is 6.61 Å². The van der Waals surface area contributed by atoms with Gasteiger partial charge >= 0.3 is 0 Å². The van der Waals surface area contributed by atoms with Crippen molar-refractivity contribution in [1.29, 1.82) is 0 Å². The van der Waals surface area contributed by atoms with Gasteiger partial charge in [0, 0.05) is 0 Å². The lowest BCUT2D eigenvalue weighted by Crippen LogP contribution is -2.60. The Balaban J connectivity index is 2.21. The van der Waals surface area contributed by atoms with E-state index in [2.05, 4.69) is 43.5 Å². The Morgan fingerprint density at radius 1 is 0.531 bits per heavy atom. The van der Waals surface area contributed by atoms with Crippen LogP contribution in [0.2, 0.25) is 0 Å². The summed E-state index contributed by atoms with van der Waals surface area (Å²) in [7, 11) is 0. The van der Waals surface area contributed by atoms with E-state index in [9.17, 15) is 35.4 Å². The van der Waals surface area contributed by atoms with Crippen molar-refractivity contribution in [2.45, 2.75) is 288 Å². The summed E-state index contributed by atoms with van der Waals surface area (Å²) in [4.78, 5) is 13.1. The average Bonchev–Trinajstić information content (AvgIpc) is 3.29. The first kappa shape index (κ1) is 60.4. The molecule has 8 unspecified atom stereocenters. The molecule has 7 N–H and O–H groups in total. The number of rotatable bonds is 45. The van der Waals surface area contributed by atoms with Gasteiger partial charge in [0.2, 0.25) is 5.91 Å². The predicted molar refractivity (Wildman–Crippen MR) is 264 cm³/mol. The molecule has 0 aliphatic carbocycles. The van der Waals surface area contributed by atoms with Gasteiger partial charge in [-0.3, -0.25) is 4.79 Å². The zero-order valence-corrected chi connectivity index (χ0v) is 41.2. The first-order chi connectivity index (χ1) is 31.3. The van der Waals surface area contributed by atoms with Crippen LogP contribution in [0, 0.1) is 0 Å². The first-order valence-electron chi connectivity index (χ1n) is 26.8. The van der Waals surface area contributed by atoms with Gasteiger partial charge in [-0.05, 0) is 57.8 Å². The fourth-order valence-corrected chi connectivity index (χ4v) is 8.41. The van der Waals surface area contributed by atoms with Crippen molar-refractivity contribution in [2.75, 3.05) is 13.2 Å². The van der Waals surface area contributed by atoms with Crippen LogP contribution in [-0.4, -0.2) is 98.7 Å². The number of ether oxygens (including phenoxy) is 2. The molecule has 1 rings (SSSR count). The molecule has 1 saturated heterocycles. The molecule has 1 heterocycles. The lowest BCUT2D eigenvalue weighted by molar-refractivity contribution is -0.302. The van der Waals surface area contributed by atoms with Crippen molar-refractivity contribution in [1.82, 2.24) is 5.32 Å². The van der Waals surface area contributed by atoms with Crippen molar-refractivity contribution < 1.29 is 44.9 Å². The van der Waals surface area contributed by atoms with Crippen molar-refractivity contribution in [3.63, 3.8) is 0 Å². The van der Waals surface area contributed by atoms with E-state index in [1.54, 1.807) is 6.08 Å². The van der Waals surface area contributed by atoms with Gasteiger partial charge in [0.1, 0.15) is 30.5 Å². The summed E-state index contributed by atoms with van der Waals surface area (Å²) in [5.74, 6) is -0.627. The fourth-order valence-electron chi connectivity index (χ4n) is 8.41. The minimum absolute atomic E-state index is 0.304. The van der Waals surface area contributed by atoms with Gasteiger partial charge in [0.15, 0.2) is 6.29 Å². The van der Waals surface area contributed by atoms with Crippen LogP contribution < -0.4 is 5.32 Å². The number of hydrogen-bond donors (Lipinski definition) is 7. The number of amides is 1. The van der Waals surface area contributed by atoms with Crippen LogP contribution >= 0.6 is 0 Å². The summed E-state index contributed by atoms with van der Waals surface area (Å²) < 4.78 is 11.1. The third kappa shape index (κ3) is 32.9. The predicted octanol–water partition coefficient (Wildman–Crippen LogP) is 11.4. The van der Waals surface area contributed by atoms with E-state index in [0.29, 0.717) is 19.3 Å². The molecule has 0 aromatic carbocycles. The number of aliphatic hydroxyl groups is 6. The van der Waals surface area contributed by atoms with Gasteiger partial charge in [-0.25, -0.2) is 0 Å². The Morgan fingerprint density at radius 2 is 0.922 bits per heavy atom. The molecule has 1 amide bonds. The molecule has 0 radical (unpaired) electrons. The van der Waals surface area contributed by atoms with E-state index in [1.807, 2.05) is 6.08 Å². The van der Waals surface area contributed by atoms with E-state index in [4.69, 9.17) is 9.47 Å². The molecule has 0 bridgehead atoms. The van der Waals surface area contributed by atoms with Crippen LogP contribution in [-0.2, 0) is 14.3 Å². The van der Waals surface area contributed by atoms with Crippen LogP contribution in [0.5, 0.6) is 0 Å². The number of unbranched alkanes of at least 4 members (excludes halogenated alkanes) is 30. The zero-order chi connectivity index (χ0) is 46.7. The van der Waals surface area contributed by atoms with Crippen molar-refractivity contribution in [3.05, 3.63) is 36.5 Å². The SMILES string of the molecule is CCCCCCC/C=C/CC/C=C/C(O)C(COC1OC(CO)C(O)C(O)C1O)NC(=O)C(O)CCCCCCCCCCCCCC/C=C\CCCCCCCCCCCCCC. The fraction of sp³-hybridized carbons (Fsp3) is 0.870. The van der Waals surface area contributed by atoms with E-state index < -0.39 is 61.5 Å². The highest BCUT2D eigenvalue weighted by Crippen LogP contribution is 2.23. The molecule has 0 spiro atoms. The van der Waals surface area contributed by atoms with Crippen LogP contribution in [0.1, 0.15) is 239 Å². The molecule has 64 heavy (non-hydrogen) atoms. The maximum absolute atomic E-state index is 13.1. The van der Waals surface area contributed by atoms with Crippen LogP contribution in [0.15, 0.2) is 36.5 Å². The van der Waals surface area contributed by atoms with Gasteiger partial charge < -0.3 is 45.4 Å². The maximum Gasteiger partial charge on any atom is 0.249 e. The number of hydrogen-bond acceptors (Lipinski definition) is 9. The standard InChI is InChI=1S/C54H101NO9/c1-3-5-7-9-11-13-15-16-17-18-19-20-21-22-23-24-25-26-27-28-29-30-31-33-35-37-39-41-43-48(58)53(62)55-46(45-63-54-52(61)51(60)50(59)49(44-56)64-54)47(57)42-40-38-36-34-32-14-12-10-8-6-4-2/h22-23,32,34,40,42,46-52,54,56-61H,3-21,24-31,33,35-39,41,43-45H2,1-2H3,(H,55,62)/b23-22-,34-32+,42-40+. The van der Waals surface area contributed by atoms with Crippen molar-refractivity contribution in [2.24, 2.45) is 0 Å². The molecule has 0 aromatic rings. The highest BCUT2D eigenvalue weighted by atomic mass is 16.7. The van der Waals surface area contributed by atoms with Crippen LogP contribution in [0.3, 0.4) is 0 Å². The number of nitrogens with one attached hydrogen (secondary N) is 1. The molecule has 10 heteroatoms. The summed E-state index contributed by atoms with van der Waals surface area (Å²) >= 11 is 0. The number of aliphatic hydroxyl groups excluding tert-OH is 6. The topological polar surface area (TPSA) is 169 Å². The Kier molecular flexibility index (Phi) is 41.4. The molecule has 1 fully saturated rings. The summed E-state index contributed by atoms with van der Waals surface area (Å²) in [6.07, 6.45) is 45.5. The first-order valence-corrected chi connectivity index (χ1v) is 26.8. The van der Waals surface area contributed by atoms with Gasteiger partial charge in [-0.2, -0.15) is 0 Å². The Hall–Kier alpha value is -1.63. The smallest absolute Gasteiger partial charge is 0.249 e. The minimum atomic E-state index is -1.61. The molecule has 1 aliphatic rings. The normalized spacial score (nSPS) is 20.8. The van der Waals surface area contributed by atoms with E-state index in [1.165, 1.54) is 173 Å². The molecular weight excluding hydrogens is 807 g/mol. The number of carbonyl (C=O) groups is 1. The second-order valence-corrected chi connectivity index (χ2v) is 18.8. The Labute approximate surface area is 392 Å². The van der Waals surface area contributed by atoms with Crippen molar-refractivity contribution >= 4 is 5.91 Å². The van der Waals surface area contributed by atoms with E-state index >= 15 is 0 Å². The third-order valence-corrected chi connectivity index (χ3v) is 12.8. The second-order valence-electron chi connectivity index (χ2n) is 18.8. The third-order valence-electron chi connectivity index (χ3n) is 12.8. The van der Waals surface area contributed by atoms with E-state index in [0.717, 1.165) is 32.1 Å². The van der Waals surface area contributed by atoms with Crippen LogP contribution in [0.25, 0.3) is 0 Å². The van der Waals surface area contributed by atoms with Crippen molar-refractivity contribution in [3.8, 4) is 0 Å². The van der Waals surface area contributed by atoms with Gasteiger partial charge in [0.05, 0.1) is 25.4 Å². The number of allylic oxidation sites excluding steroid dienone is 5. The molecule has 10 nitrogen and oxygen atoms in total. The molecular formula is C54H101NO9. The molecule has 376 valence electrons. The zero-order valence-electron chi connectivity index (χ0n) is 41.2. The highest BCUT2D eigenvalue weighted by Gasteiger charge is 2.44. The minimum Gasteiger partial charge on any atom is -0.394 e. The molecule has 0 saturated carbocycles. The summed E-state index contributed by atoms with van der Waals surface area (Å²) in [5, 5.41) is 64.7. The van der Waals surface area contributed by atoms with Gasteiger partial charge in [-0.15, -0.1) is 0 Å². The highest BCUT2D eigenvalue weighted by molar-refractivity contribution is 5.80.